The van der Waals surface area contributed by atoms with Gasteiger partial charge in [-0.1, -0.05) is 12.1 Å². The van der Waals surface area contributed by atoms with Crippen molar-refractivity contribution in [3.05, 3.63) is 46.6 Å². The van der Waals surface area contributed by atoms with Gasteiger partial charge < -0.3 is 10.6 Å². The Labute approximate surface area is 145 Å². The molecule has 0 atom stereocenters. The predicted molar refractivity (Wildman–Crippen MR) is 95.1 cm³/mol. The van der Waals surface area contributed by atoms with Crippen molar-refractivity contribution in [3.8, 4) is 10.4 Å². The summed E-state index contributed by atoms with van der Waals surface area (Å²) in [5.41, 5.74) is 2.00. The molecule has 0 aliphatic carbocycles. The van der Waals surface area contributed by atoms with Crippen molar-refractivity contribution < 1.29 is 9.18 Å². The van der Waals surface area contributed by atoms with Gasteiger partial charge in [0.2, 0.25) is 0 Å². The van der Waals surface area contributed by atoms with Crippen LogP contribution in [0.2, 0.25) is 0 Å². The molecule has 1 aliphatic heterocycles. The molecule has 0 saturated carbocycles. The van der Waals surface area contributed by atoms with E-state index in [1.54, 1.807) is 12.1 Å². The van der Waals surface area contributed by atoms with Crippen LogP contribution in [0.1, 0.15) is 28.1 Å². The third kappa shape index (κ3) is 4.31. The quantitative estimate of drug-likeness (QED) is 0.881. The number of carbonyl (C=O) groups excluding carboxylic acids is 1. The molecule has 6 heteroatoms. The van der Waals surface area contributed by atoms with Crippen LogP contribution < -0.4 is 10.6 Å². The van der Waals surface area contributed by atoms with Gasteiger partial charge in [-0.3, -0.25) is 4.79 Å². The number of aryl methyl sites for hydroxylation is 1. The van der Waals surface area contributed by atoms with Crippen molar-refractivity contribution in [2.24, 2.45) is 0 Å². The summed E-state index contributed by atoms with van der Waals surface area (Å²) in [6, 6.07) is 8.57. The lowest BCUT2D eigenvalue weighted by molar-refractivity contribution is 0.0933. The molecule has 2 N–H and O–H groups in total. The van der Waals surface area contributed by atoms with Gasteiger partial charge in [-0.2, -0.15) is 0 Å². The fourth-order valence-corrected chi connectivity index (χ4v) is 3.79. The van der Waals surface area contributed by atoms with E-state index in [0.717, 1.165) is 46.8 Å². The van der Waals surface area contributed by atoms with E-state index < -0.39 is 0 Å². The SMILES string of the molecule is Cc1cc(C(=O)NC2CCNCC2)sc1-c1ccc(F)cc1.Cl. The third-order valence-electron chi connectivity index (χ3n) is 3.92. The highest BCUT2D eigenvalue weighted by Gasteiger charge is 2.19. The van der Waals surface area contributed by atoms with Crippen LogP contribution in [0.3, 0.4) is 0 Å². The summed E-state index contributed by atoms with van der Waals surface area (Å²) in [5, 5.41) is 6.40. The number of benzene rings is 1. The first kappa shape index (κ1) is 17.9. The number of halogens is 2. The van der Waals surface area contributed by atoms with Crippen LogP contribution in [0.5, 0.6) is 0 Å². The van der Waals surface area contributed by atoms with Gasteiger partial charge in [-0.05, 0) is 62.2 Å². The fourth-order valence-electron chi connectivity index (χ4n) is 2.70. The average molecular weight is 355 g/mol. The standard InChI is InChI=1S/C17H19FN2OS.ClH/c1-11-10-15(17(21)20-14-6-8-19-9-7-14)22-16(11)12-2-4-13(18)5-3-12;/h2-5,10,14,19H,6-9H2,1H3,(H,20,21);1H. The Bertz CT molecular complexity index is 666. The summed E-state index contributed by atoms with van der Waals surface area (Å²) in [5.74, 6) is -0.254. The molecule has 1 aliphatic rings. The zero-order valence-electron chi connectivity index (χ0n) is 12.9. The van der Waals surface area contributed by atoms with Gasteiger partial charge >= 0.3 is 0 Å². The molecule has 3 nitrogen and oxygen atoms in total. The number of piperidine rings is 1. The van der Waals surface area contributed by atoms with E-state index in [1.807, 2.05) is 13.0 Å². The number of carbonyl (C=O) groups is 1. The van der Waals surface area contributed by atoms with Crippen LogP contribution in [-0.4, -0.2) is 25.0 Å². The van der Waals surface area contributed by atoms with Crippen LogP contribution in [0, 0.1) is 12.7 Å². The smallest absolute Gasteiger partial charge is 0.261 e. The van der Waals surface area contributed by atoms with Crippen molar-refractivity contribution in [2.75, 3.05) is 13.1 Å². The van der Waals surface area contributed by atoms with Crippen molar-refractivity contribution in [3.63, 3.8) is 0 Å². The average Bonchev–Trinajstić information content (AvgIpc) is 2.91. The van der Waals surface area contributed by atoms with Crippen LogP contribution in [0.25, 0.3) is 10.4 Å². The monoisotopic (exact) mass is 354 g/mol. The van der Waals surface area contributed by atoms with Crippen LogP contribution >= 0.6 is 23.7 Å². The second kappa shape index (κ2) is 7.90. The largest absolute Gasteiger partial charge is 0.349 e. The Hall–Kier alpha value is -1.43. The van der Waals surface area contributed by atoms with E-state index in [2.05, 4.69) is 10.6 Å². The predicted octanol–water partition coefficient (Wildman–Crippen LogP) is 3.77. The number of amides is 1. The molecule has 1 aromatic carbocycles. The first-order chi connectivity index (χ1) is 10.6. The molecule has 2 aromatic rings. The van der Waals surface area contributed by atoms with Crippen LogP contribution in [0.15, 0.2) is 30.3 Å². The van der Waals surface area contributed by atoms with Gasteiger partial charge in [0, 0.05) is 10.9 Å². The molecule has 1 saturated heterocycles. The highest BCUT2D eigenvalue weighted by Crippen LogP contribution is 2.32. The first-order valence-corrected chi connectivity index (χ1v) is 8.33. The molecule has 23 heavy (non-hydrogen) atoms. The second-order valence-electron chi connectivity index (χ2n) is 5.63. The molecule has 2 heterocycles. The fraction of sp³-hybridized carbons (Fsp3) is 0.353. The third-order valence-corrected chi connectivity index (χ3v) is 5.21. The van der Waals surface area contributed by atoms with E-state index in [4.69, 9.17) is 0 Å². The molecule has 0 unspecified atom stereocenters. The Kier molecular flexibility index (Phi) is 6.16. The lowest BCUT2D eigenvalue weighted by atomic mass is 10.1. The normalized spacial score (nSPS) is 15.0. The Morgan fingerprint density at radius 3 is 2.57 bits per heavy atom. The van der Waals surface area contributed by atoms with Crippen LogP contribution in [-0.2, 0) is 0 Å². The Morgan fingerprint density at radius 1 is 1.26 bits per heavy atom. The van der Waals surface area contributed by atoms with Gasteiger partial charge in [0.1, 0.15) is 5.82 Å². The van der Waals surface area contributed by atoms with Gasteiger partial charge in [-0.25, -0.2) is 4.39 Å². The molecule has 1 aromatic heterocycles. The topological polar surface area (TPSA) is 41.1 Å². The summed E-state index contributed by atoms with van der Waals surface area (Å²) in [6.07, 6.45) is 1.95. The minimum absolute atomic E-state index is 0. The maximum Gasteiger partial charge on any atom is 0.261 e. The summed E-state index contributed by atoms with van der Waals surface area (Å²) in [7, 11) is 0. The number of hydrogen-bond acceptors (Lipinski definition) is 3. The highest BCUT2D eigenvalue weighted by atomic mass is 35.5. The van der Waals surface area contributed by atoms with Gasteiger partial charge in [0.05, 0.1) is 4.88 Å². The summed E-state index contributed by atoms with van der Waals surface area (Å²) >= 11 is 1.47. The molecule has 0 radical (unpaired) electrons. The van der Waals surface area contributed by atoms with Crippen molar-refractivity contribution >= 4 is 29.7 Å². The van der Waals surface area contributed by atoms with E-state index in [0.29, 0.717) is 0 Å². The van der Waals surface area contributed by atoms with Gasteiger partial charge in [-0.15, -0.1) is 23.7 Å². The molecule has 0 bridgehead atoms. The molecule has 1 fully saturated rings. The maximum atomic E-state index is 13.0. The maximum absolute atomic E-state index is 13.0. The van der Waals surface area contributed by atoms with Crippen molar-refractivity contribution in [2.45, 2.75) is 25.8 Å². The first-order valence-electron chi connectivity index (χ1n) is 7.51. The number of hydrogen-bond donors (Lipinski definition) is 2. The van der Waals surface area contributed by atoms with Crippen molar-refractivity contribution in [1.29, 1.82) is 0 Å². The minimum atomic E-state index is -0.248. The zero-order valence-corrected chi connectivity index (χ0v) is 14.5. The van der Waals surface area contributed by atoms with Gasteiger partial charge in [0.25, 0.3) is 5.91 Å². The molecule has 0 spiro atoms. The summed E-state index contributed by atoms with van der Waals surface area (Å²) in [4.78, 5) is 14.1. The van der Waals surface area contributed by atoms with Gasteiger partial charge in [0.15, 0.2) is 0 Å². The van der Waals surface area contributed by atoms with E-state index in [9.17, 15) is 9.18 Å². The molecular weight excluding hydrogens is 335 g/mol. The molecule has 3 rings (SSSR count). The van der Waals surface area contributed by atoms with E-state index in [-0.39, 0.29) is 30.2 Å². The summed E-state index contributed by atoms with van der Waals surface area (Å²) in [6.45, 7) is 3.89. The Morgan fingerprint density at radius 2 is 1.91 bits per heavy atom. The lowest BCUT2D eigenvalue weighted by Crippen LogP contribution is -2.42. The second-order valence-corrected chi connectivity index (χ2v) is 6.68. The molecule has 124 valence electrons. The van der Waals surface area contributed by atoms with Crippen LogP contribution in [0.4, 0.5) is 4.39 Å². The number of rotatable bonds is 3. The van der Waals surface area contributed by atoms with E-state index in [1.165, 1.54) is 23.5 Å². The molecular formula is C17H20ClFN2OS. The number of thiophene rings is 1. The zero-order chi connectivity index (χ0) is 15.5. The Balaban J connectivity index is 0.00000192. The van der Waals surface area contributed by atoms with Crippen molar-refractivity contribution in [1.82, 2.24) is 10.6 Å². The van der Waals surface area contributed by atoms with E-state index >= 15 is 0 Å². The summed E-state index contributed by atoms with van der Waals surface area (Å²) < 4.78 is 13.0. The number of nitrogens with one attached hydrogen (secondary N) is 2. The minimum Gasteiger partial charge on any atom is -0.349 e. The lowest BCUT2D eigenvalue weighted by Gasteiger charge is -2.23. The molecule has 1 amide bonds. The highest BCUT2D eigenvalue weighted by molar-refractivity contribution is 7.17.